The standard InChI is InChI=1S/C59H35N3O2/c1-2-15-39(16-3-1)59-61-50(38-32-30-37(31-33-38)44-24-12-26-47-45-21-6-8-28-52(45)63-57(44)47)35-51(62-59)41-19-10-18-40(34-41)43-23-13-27-49-54(43)55-48-22-7-9-29-53(48)64-58(55)56(60-49)46-25-11-17-36-14-4-5-20-42(36)46/h1-35H. The van der Waals surface area contributed by atoms with Gasteiger partial charge in [-0.3, -0.25) is 0 Å². The number of para-hydroxylation sites is 3. The summed E-state index contributed by atoms with van der Waals surface area (Å²) >= 11 is 0. The molecule has 0 atom stereocenters. The van der Waals surface area contributed by atoms with Gasteiger partial charge in [-0.2, -0.15) is 0 Å². The molecular formula is C59H35N3O2. The number of nitrogens with zero attached hydrogens (tertiary/aromatic N) is 3. The van der Waals surface area contributed by atoms with Crippen LogP contribution in [0.5, 0.6) is 0 Å². The zero-order valence-electron chi connectivity index (χ0n) is 34.4. The third kappa shape index (κ3) is 5.83. The molecule has 4 heterocycles. The highest BCUT2D eigenvalue weighted by atomic mass is 16.3. The fraction of sp³-hybridized carbons (Fsp3) is 0. The Bertz CT molecular complexity index is 3950. The van der Waals surface area contributed by atoms with Crippen molar-refractivity contribution in [2.24, 2.45) is 0 Å². The normalized spacial score (nSPS) is 11.8. The molecule has 0 saturated heterocycles. The van der Waals surface area contributed by atoms with Crippen molar-refractivity contribution in [1.82, 2.24) is 15.0 Å². The zero-order valence-corrected chi connectivity index (χ0v) is 34.4. The first-order chi connectivity index (χ1) is 31.7. The summed E-state index contributed by atoms with van der Waals surface area (Å²) in [6.45, 7) is 0. The highest BCUT2D eigenvalue weighted by Crippen LogP contribution is 2.45. The summed E-state index contributed by atoms with van der Waals surface area (Å²) in [7, 11) is 0. The van der Waals surface area contributed by atoms with E-state index < -0.39 is 0 Å². The van der Waals surface area contributed by atoms with Crippen molar-refractivity contribution < 1.29 is 8.83 Å². The van der Waals surface area contributed by atoms with Gasteiger partial charge < -0.3 is 8.83 Å². The van der Waals surface area contributed by atoms with E-state index in [1.165, 1.54) is 0 Å². The van der Waals surface area contributed by atoms with Crippen LogP contribution in [-0.2, 0) is 0 Å². The zero-order chi connectivity index (χ0) is 42.1. The Morgan fingerprint density at radius 1 is 0.312 bits per heavy atom. The van der Waals surface area contributed by atoms with Crippen molar-refractivity contribution in [3.05, 3.63) is 212 Å². The average Bonchev–Trinajstić information content (AvgIpc) is 3.95. The van der Waals surface area contributed by atoms with Gasteiger partial charge in [-0.1, -0.05) is 182 Å². The molecule has 0 bridgehead atoms. The minimum Gasteiger partial charge on any atom is -0.455 e. The summed E-state index contributed by atoms with van der Waals surface area (Å²) in [6, 6.07) is 73.7. The Morgan fingerprint density at radius 2 is 0.891 bits per heavy atom. The molecule has 0 unspecified atom stereocenters. The topological polar surface area (TPSA) is 65.0 Å². The van der Waals surface area contributed by atoms with Crippen LogP contribution >= 0.6 is 0 Å². The van der Waals surface area contributed by atoms with Gasteiger partial charge in [0.1, 0.15) is 22.4 Å². The van der Waals surface area contributed by atoms with Crippen molar-refractivity contribution in [2.45, 2.75) is 0 Å². The van der Waals surface area contributed by atoms with Crippen LogP contribution in [0.15, 0.2) is 221 Å². The van der Waals surface area contributed by atoms with Crippen molar-refractivity contribution in [3.8, 4) is 67.4 Å². The van der Waals surface area contributed by atoms with E-state index >= 15 is 0 Å². The lowest BCUT2D eigenvalue weighted by Gasteiger charge is -2.13. The van der Waals surface area contributed by atoms with E-state index in [4.69, 9.17) is 23.8 Å². The lowest BCUT2D eigenvalue weighted by Crippen LogP contribution is -1.96. The van der Waals surface area contributed by atoms with Crippen molar-refractivity contribution in [1.29, 1.82) is 0 Å². The second kappa shape index (κ2) is 14.5. The first-order valence-electron chi connectivity index (χ1n) is 21.5. The van der Waals surface area contributed by atoms with Crippen LogP contribution in [0.4, 0.5) is 0 Å². The quantitative estimate of drug-likeness (QED) is 0.167. The van der Waals surface area contributed by atoms with Gasteiger partial charge in [0.15, 0.2) is 11.4 Å². The second-order valence-electron chi connectivity index (χ2n) is 16.3. The summed E-state index contributed by atoms with van der Waals surface area (Å²) in [6.07, 6.45) is 0. The van der Waals surface area contributed by atoms with E-state index in [0.717, 1.165) is 127 Å². The Morgan fingerprint density at radius 3 is 1.75 bits per heavy atom. The van der Waals surface area contributed by atoms with Gasteiger partial charge in [0, 0.05) is 54.7 Å². The minimum absolute atomic E-state index is 0.663. The number of hydrogen-bond donors (Lipinski definition) is 0. The molecule has 13 rings (SSSR count). The molecule has 0 aliphatic carbocycles. The third-order valence-electron chi connectivity index (χ3n) is 12.5. The van der Waals surface area contributed by atoms with Crippen molar-refractivity contribution >= 4 is 65.6 Å². The number of hydrogen-bond acceptors (Lipinski definition) is 5. The molecule has 9 aromatic carbocycles. The van der Waals surface area contributed by atoms with Gasteiger partial charge in [-0.05, 0) is 57.8 Å². The van der Waals surface area contributed by atoms with Gasteiger partial charge in [-0.15, -0.1) is 0 Å². The number of fused-ring (bicyclic) bond motifs is 9. The molecule has 5 heteroatoms. The molecule has 0 radical (unpaired) electrons. The lowest BCUT2D eigenvalue weighted by atomic mass is 9.93. The van der Waals surface area contributed by atoms with Crippen LogP contribution in [0.25, 0.3) is 133 Å². The van der Waals surface area contributed by atoms with Gasteiger partial charge >= 0.3 is 0 Å². The molecule has 0 N–H and O–H groups in total. The number of benzene rings is 9. The van der Waals surface area contributed by atoms with Crippen LogP contribution in [0, 0.1) is 0 Å². The van der Waals surface area contributed by atoms with Crippen LogP contribution in [0.2, 0.25) is 0 Å². The molecule has 0 fully saturated rings. The third-order valence-corrected chi connectivity index (χ3v) is 12.5. The largest absolute Gasteiger partial charge is 0.455 e. The van der Waals surface area contributed by atoms with Gasteiger partial charge in [0.05, 0.1) is 16.9 Å². The SMILES string of the molecule is c1ccc(-c2nc(-c3ccc(-c4cccc5c4oc4ccccc45)cc3)cc(-c3cccc(-c4cccc5nc(-c6cccc7ccccc67)c6oc7ccccc7c6c45)c3)n2)cc1. The lowest BCUT2D eigenvalue weighted by molar-refractivity contribution is 0.668. The van der Waals surface area contributed by atoms with Crippen molar-refractivity contribution in [3.63, 3.8) is 0 Å². The Hall–Kier alpha value is -8.67. The molecule has 64 heavy (non-hydrogen) atoms. The summed E-state index contributed by atoms with van der Waals surface area (Å²) in [5, 5.41) is 7.69. The van der Waals surface area contributed by atoms with E-state index in [9.17, 15) is 0 Å². The molecule has 298 valence electrons. The number of pyridine rings is 1. The average molecular weight is 818 g/mol. The second-order valence-corrected chi connectivity index (χ2v) is 16.3. The van der Waals surface area contributed by atoms with Crippen LogP contribution in [-0.4, -0.2) is 15.0 Å². The van der Waals surface area contributed by atoms with Gasteiger partial charge in [-0.25, -0.2) is 15.0 Å². The Balaban J connectivity index is 0.955. The molecule has 13 aromatic rings. The molecule has 0 amide bonds. The van der Waals surface area contributed by atoms with Crippen LogP contribution in [0.3, 0.4) is 0 Å². The molecule has 0 aliphatic heterocycles. The Kier molecular flexibility index (Phi) is 8.15. The first-order valence-corrected chi connectivity index (χ1v) is 21.5. The highest BCUT2D eigenvalue weighted by molar-refractivity contribution is 6.25. The van der Waals surface area contributed by atoms with E-state index in [1.807, 2.05) is 42.5 Å². The fourth-order valence-corrected chi connectivity index (χ4v) is 9.48. The van der Waals surface area contributed by atoms with Crippen LogP contribution < -0.4 is 0 Å². The fourth-order valence-electron chi connectivity index (χ4n) is 9.48. The van der Waals surface area contributed by atoms with E-state index in [1.54, 1.807) is 0 Å². The predicted octanol–water partition coefficient (Wildman–Crippen LogP) is 16.0. The summed E-state index contributed by atoms with van der Waals surface area (Å²) in [5.74, 6) is 0.663. The maximum atomic E-state index is 6.77. The molecule has 0 spiro atoms. The highest BCUT2D eigenvalue weighted by Gasteiger charge is 2.22. The summed E-state index contributed by atoms with van der Waals surface area (Å²) in [4.78, 5) is 15.8. The maximum absolute atomic E-state index is 6.77. The molecular weight excluding hydrogens is 783 g/mol. The van der Waals surface area contributed by atoms with E-state index in [0.29, 0.717) is 5.82 Å². The van der Waals surface area contributed by atoms with E-state index in [-0.39, 0.29) is 0 Å². The molecule has 0 aliphatic rings. The van der Waals surface area contributed by atoms with Gasteiger partial charge in [0.2, 0.25) is 0 Å². The monoisotopic (exact) mass is 817 g/mol. The van der Waals surface area contributed by atoms with Crippen LogP contribution in [0.1, 0.15) is 0 Å². The molecule has 4 aromatic heterocycles. The maximum Gasteiger partial charge on any atom is 0.162 e. The first kappa shape index (κ1) is 36.0. The number of aromatic nitrogens is 3. The number of rotatable bonds is 6. The van der Waals surface area contributed by atoms with Gasteiger partial charge in [0.25, 0.3) is 0 Å². The number of furan rings is 2. The van der Waals surface area contributed by atoms with Crippen molar-refractivity contribution in [2.75, 3.05) is 0 Å². The smallest absolute Gasteiger partial charge is 0.162 e. The molecule has 0 saturated carbocycles. The minimum atomic E-state index is 0.663. The Labute approximate surface area is 367 Å². The summed E-state index contributed by atoms with van der Waals surface area (Å²) in [5.41, 5.74) is 15.0. The molecule has 5 nitrogen and oxygen atoms in total. The predicted molar refractivity (Wildman–Crippen MR) is 262 cm³/mol. The summed E-state index contributed by atoms with van der Waals surface area (Å²) < 4.78 is 13.2. The van der Waals surface area contributed by atoms with E-state index in [2.05, 4.69) is 170 Å².